The molecule has 2 aromatic rings. The summed E-state index contributed by atoms with van der Waals surface area (Å²) in [5.74, 6) is -0.377. The number of rotatable bonds is 3. The van der Waals surface area contributed by atoms with Gasteiger partial charge in [0.2, 0.25) is 0 Å². The molecule has 0 unspecified atom stereocenters. The van der Waals surface area contributed by atoms with E-state index >= 15 is 0 Å². The Hall–Kier alpha value is -2.83. The Kier molecular flexibility index (Phi) is 3.82. The zero-order chi connectivity index (χ0) is 20.4. The van der Waals surface area contributed by atoms with Crippen molar-refractivity contribution in [2.24, 2.45) is 5.92 Å². The van der Waals surface area contributed by atoms with Crippen LogP contribution >= 0.6 is 0 Å². The Balaban J connectivity index is 1.59. The predicted octanol–water partition coefficient (Wildman–Crippen LogP) is 4.64. The Morgan fingerprint density at radius 2 is 1.76 bits per heavy atom. The molecule has 1 saturated carbocycles. The maximum atomic E-state index is 13.7. The van der Waals surface area contributed by atoms with Gasteiger partial charge in [0.1, 0.15) is 5.54 Å². The van der Waals surface area contributed by atoms with Crippen molar-refractivity contribution in [2.45, 2.75) is 43.4 Å². The molecule has 3 aliphatic rings. The highest BCUT2D eigenvalue weighted by Gasteiger charge is 2.69. The summed E-state index contributed by atoms with van der Waals surface area (Å²) < 4.78 is 39.5. The molecule has 0 radical (unpaired) electrons. The lowest BCUT2D eigenvalue weighted by molar-refractivity contribution is -0.137. The van der Waals surface area contributed by atoms with Crippen LogP contribution in [0.3, 0.4) is 0 Å². The zero-order valence-corrected chi connectivity index (χ0v) is 15.5. The Morgan fingerprint density at radius 3 is 2.48 bits per heavy atom. The van der Waals surface area contributed by atoms with Crippen LogP contribution in [0.25, 0.3) is 0 Å². The van der Waals surface area contributed by atoms with Gasteiger partial charge in [-0.25, -0.2) is 9.69 Å². The Labute approximate surface area is 165 Å². The van der Waals surface area contributed by atoms with Crippen LogP contribution in [0, 0.1) is 5.92 Å². The minimum atomic E-state index is -4.54. The first-order valence-electron chi connectivity index (χ1n) is 9.71. The van der Waals surface area contributed by atoms with Crippen LogP contribution in [0.5, 0.6) is 0 Å². The fourth-order valence-corrected chi connectivity index (χ4v) is 5.40. The number of hydrogen-bond donors (Lipinski definition) is 0. The van der Waals surface area contributed by atoms with Gasteiger partial charge in [-0.2, -0.15) is 13.2 Å². The van der Waals surface area contributed by atoms with Gasteiger partial charge in [0, 0.05) is 12.5 Å². The van der Waals surface area contributed by atoms with E-state index in [0.29, 0.717) is 6.42 Å². The van der Waals surface area contributed by atoms with Crippen molar-refractivity contribution in [3.8, 4) is 0 Å². The van der Waals surface area contributed by atoms with Gasteiger partial charge in [0.15, 0.2) is 0 Å². The van der Waals surface area contributed by atoms with Crippen molar-refractivity contribution >= 4 is 17.6 Å². The fourth-order valence-electron chi connectivity index (χ4n) is 5.40. The number of carbonyl (C=O) groups is 2. The second-order valence-electron chi connectivity index (χ2n) is 8.09. The van der Waals surface area contributed by atoms with Gasteiger partial charge in [-0.15, -0.1) is 0 Å². The van der Waals surface area contributed by atoms with E-state index in [1.165, 1.54) is 12.1 Å². The molecular weight excluding hydrogens is 381 g/mol. The van der Waals surface area contributed by atoms with Crippen molar-refractivity contribution in [3.05, 3.63) is 65.7 Å². The molecule has 4 nitrogen and oxygen atoms in total. The van der Waals surface area contributed by atoms with Gasteiger partial charge >= 0.3 is 12.2 Å². The van der Waals surface area contributed by atoms with Crippen LogP contribution in [-0.2, 0) is 17.4 Å². The van der Waals surface area contributed by atoms with Crippen molar-refractivity contribution < 1.29 is 22.8 Å². The number of carbonyl (C=O) groups excluding carboxylic acids is 2. The van der Waals surface area contributed by atoms with Crippen LogP contribution in [0.4, 0.5) is 23.7 Å². The first-order valence-corrected chi connectivity index (χ1v) is 9.71. The number of fused-ring (bicyclic) bond motifs is 5. The maximum Gasteiger partial charge on any atom is 0.416 e. The van der Waals surface area contributed by atoms with Crippen LogP contribution in [-0.4, -0.2) is 28.4 Å². The molecule has 0 aromatic heterocycles. The summed E-state index contributed by atoms with van der Waals surface area (Å²) in [7, 11) is 0. The summed E-state index contributed by atoms with van der Waals surface area (Å²) in [5, 5.41) is 0. The summed E-state index contributed by atoms with van der Waals surface area (Å²) in [6.07, 6.45) is -1.70. The SMILES string of the molecule is O=C1N(c2cccc(C(F)(F)F)c2)C(=O)[C@]2(Cc3ccccc3)[C@H]3CC[C@H](C3)N12. The van der Waals surface area contributed by atoms with E-state index in [-0.39, 0.29) is 17.6 Å². The van der Waals surface area contributed by atoms with Crippen molar-refractivity contribution in [3.63, 3.8) is 0 Å². The zero-order valence-electron chi connectivity index (χ0n) is 15.5. The molecule has 0 spiro atoms. The fraction of sp³-hybridized carbons (Fsp3) is 0.364. The molecule has 3 fully saturated rings. The van der Waals surface area contributed by atoms with Gasteiger partial charge in [0.05, 0.1) is 11.3 Å². The molecule has 150 valence electrons. The number of hydrogen-bond acceptors (Lipinski definition) is 2. The summed E-state index contributed by atoms with van der Waals surface area (Å²) in [6, 6.07) is 13.4. The third-order valence-corrected chi connectivity index (χ3v) is 6.59. The monoisotopic (exact) mass is 400 g/mol. The number of imide groups is 1. The van der Waals surface area contributed by atoms with E-state index < -0.39 is 29.2 Å². The highest BCUT2D eigenvalue weighted by molar-refractivity contribution is 6.24. The number of halogens is 3. The normalized spacial score (nSPS) is 28.4. The average Bonchev–Trinajstić information content (AvgIpc) is 3.34. The first kappa shape index (κ1) is 18.2. The topological polar surface area (TPSA) is 40.6 Å². The van der Waals surface area contributed by atoms with Crippen LogP contribution < -0.4 is 4.90 Å². The maximum absolute atomic E-state index is 13.7. The van der Waals surface area contributed by atoms with Crippen LogP contribution in [0.2, 0.25) is 0 Å². The largest absolute Gasteiger partial charge is 0.416 e. The molecule has 3 amide bonds. The molecular formula is C22H19F3N2O2. The second kappa shape index (κ2) is 6.08. The minimum Gasteiger partial charge on any atom is -0.306 e. The molecule has 5 rings (SSSR count). The predicted molar refractivity (Wildman–Crippen MR) is 100 cm³/mol. The van der Waals surface area contributed by atoms with Gasteiger partial charge < -0.3 is 4.90 Å². The van der Waals surface area contributed by atoms with Crippen LogP contribution in [0.1, 0.15) is 30.4 Å². The van der Waals surface area contributed by atoms with E-state index in [9.17, 15) is 22.8 Å². The Morgan fingerprint density at radius 1 is 1.00 bits per heavy atom. The third kappa shape index (κ3) is 2.52. The molecule has 2 aliphatic heterocycles. The van der Waals surface area contributed by atoms with Gasteiger partial charge in [-0.3, -0.25) is 4.79 Å². The lowest BCUT2D eigenvalue weighted by Gasteiger charge is -2.38. The van der Waals surface area contributed by atoms with Crippen molar-refractivity contribution in [1.29, 1.82) is 0 Å². The molecule has 2 heterocycles. The standard InChI is InChI=1S/C22H19F3N2O2/c23-22(24,25)16-7-4-8-17(12-16)26-19(28)21(13-14-5-2-1-3-6-14)15-9-10-18(11-15)27(21)20(26)29/h1-8,12,15,18H,9-11,13H2/t15-,18+,21-/m0/s1. The number of anilines is 1. The molecule has 29 heavy (non-hydrogen) atoms. The number of piperidine rings is 1. The van der Waals surface area contributed by atoms with Crippen LogP contribution in [0.15, 0.2) is 54.6 Å². The highest BCUT2D eigenvalue weighted by atomic mass is 19.4. The number of benzene rings is 2. The van der Waals surface area contributed by atoms with Crippen molar-refractivity contribution in [2.75, 3.05) is 4.90 Å². The quantitative estimate of drug-likeness (QED) is 0.705. The van der Waals surface area contributed by atoms with E-state index in [1.54, 1.807) is 4.90 Å². The lowest BCUT2D eigenvalue weighted by Crippen LogP contribution is -2.55. The van der Waals surface area contributed by atoms with E-state index in [4.69, 9.17) is 0 Å². The summed E-state index contributed by atoms with van der Waals surface area (Å²) in [6.45, 7) is 0. The van der Waals surface area contributed by atoms with Gasteiger partial charge in [0.25, 0.3) is 5.91 Å². The van der Waals surface area contributed by atoms with Gasteiger partial charge in [-0.05, 0) is 48.9 Å². The van der Waals surface area contributed by atoms with E-state index in [0.717, 1.165) is 41.9 Å². The molecule has 7 heteroatoms. The number of nitrogens with zero attached hydrogens (tertiary/aromatic N) is 2. The third-order valence-electron chi connectivity index (χ3n) is 6.59. The minimum absolute atomic E-state index is 0.0175. The molecule has 2 aromatic carbocycles. The molecule has 2 saturated heterocycles. The van der Waals surface area contributed by atoms with E-state index in [2.05, 4.69) is 0 Å². The van der Waals surface area contributed by atoms with E-state index in [1.807, 2.05) is 30.3 Å². The highest BCUT2D eigenvalue weighted by Crippen LogP contribution is 2.55. The molecule has 1 aliphatic carbocycles. The number of amides is 3. The molecule has 3 atom stereocenters. The smallest absolute Gasteiger partial charge is 0.306 e. The number of alkyl halides is 3. The molecule has 0 N–H and O–H groups in total. The summed E-state index contributed by atoms with van der Waals surface area (Å²) in [4.78, 5) is 29.6. The van der Waals surface area contributed by atoms with Gasteiger partial charge in [-0.1, -0.05) is 36.4 Å². The molecule has 2 bridgehead atoms. The lowest BCUT2D eigenvalue weighted by atomic mass is 9.78. The first-order chi connectivity index (χ1) is 13.8. The second-order valence-corrected chi connectivity index (χ2v) is 8.09. The average molecular weight is 400 g/mol. The Bertz CT molecular complexity index is 991. The van der Waals surface area contributed by atoms with Crippen molar-refractivity contribution in [1.82, 2.24) is 4.90 Å². The summed E-state index contributed by atoms with van der Waals surface area (Å²) in [5.41, 5.74) is -0.953. The number of urea groups is 1. The summed E-state index contributed by atoms with van der Waals surface area (Å²) >= 11 is 0.